The van der Waals surface area contributed by atoms with Gasteiger partial charge in [-0.3, -0.25) is 9.80 Å². The highest BCUT2D eigenvalue weighted by molar-refractivity contribution is 4.75. The van der Waals surface area contributed by atoms with Crippen molar-refractivity contribution in [3.05, 3.63) is 0 Å². The van der Waals surface area contributed by atoms with E-state index in [9.17, 15) is 5.11 Å². The zero-order chi connectivity index (χ0) is 12.8. The van der Waals surface area contributed by atoms with E-state index >= 15 is 0 Å². The summed E-state index contributed by atoms with van der Waals surface area (Å²) in [4.78, 5) is 4.68. The summed E-state index contributed by atoms with van der Waals surface area (Å²) in [6.45, 7) is 10.7. The number of β-amino-alcohol motifs (C(OH)–C–C–N with tert-alkyl or cyclic N) is 1. The molecule has 0 amide bonds. The molecule has 5 heteroatoms. The normalized spacial score (nSPS) is 30.0. The van der Waals surface area contributed by atoms with Crippen LogP contribution in [0.5, 0.6) is 0 Å². The molecular formula is C13H27N3O2. The number of hydrogen-bond acceptors (Lipinski definition) is 5. The Bertz CT molecular complexity index is 234. The second-order valence-electron chi connectivity index (χ2n) is 5.50. The van der Waals surface area contributed by atoms with Gasteiger partial charge in [0, 0.05) is 59.0 Å². The second kappa shape index (κ2) is 7.40. The molecule has 0 aromatic carbocycles. The maximum atomic E-state index is 10.2. The number of piperazine rings is 1. The molecule has 0 aliphatic carbocycles. The third-order valence-electron chi connectivity index (χ3n) is 3.68. The van der Waals surface area contributed by atoms with Crippen LogP contribution in [-0.4, -0.2) is 86.1 Å². The van der Waals surface area contributed by atoms with Crippen LogP contribution >= 0.6 is 0 Å². The molecule has 2 N–H and O–H groups in total. The van der Waals surface area contributed by atoms with Crippen molar-refractivity contribution in [2.75, 3.05) is 59.0 Å². The molecule has 2 atom stereocenters. The summed E-state index contributed by atoms with van der Waals surface area (Å²) in [6.07, 6.45) is 1.12. The molecule has 2 unspecified atom stereocenters. The van der Waals surface area contributed by atoms with Gasteiger partial charge < -0.3 is 15.2 Å². The fraction of sp³-hybridized carbons (Fsp3) is 1.00. The van der Waals surface area contributed by atoms with Crippen LogP contribution in [0.25, 0.3) is 0 Å². The number of ether oxygens (including phenoxy) is 1. The average molecular weight is 257 g/mol. The molecule has 0 bridgehead atoms. The smallest absolute Gasteiger partial charge is 0.0793 e. The Kier molecular flexibility index (Phi) is 5.85. The lowest BCUT2D eigenvalue weighted by Crippen LogP contribution is -2.48. The van der Waals surface area contributed by atoms with Crippen molar-refractivity contribution in [2.45, 2.75) is 25.6 Å². The first kappa shape index (κ1) is 14.2. The number of nitrogens with one attached hydrogen (secondary N) is 1. The van der Waals surface area contributed by atoms with E-state index < -0.39 is 0 Å². The maximum absolute atomic E-state index is 10.2. The zero-order valence-corrected chi connectivity index (χ0v) is 11.5. The van der Waals surface area contributed by atoms with Crippen molar-refractivity contribution in [1.29, 1.82) is 0 Å². The van der Waals surface area contributed by atoms with Crippen molar-refractivity contribution in [1.82, 2.24) is 15.1 Å². The highest BCUT2D eigenvalue weighted by Gasteiger charge is 2.20. The summed E-state index contributed by atoms with van der Waals surface area (Å²) in [5.74, 6) is 0. The Morgan fingerprint density at radius 3 is 2.72 bits per heavy atom. The molecule has 2 rings (SSSR count). The Hall–Kier alpha value is -0.200. The van der Waals surface area contributed by atoms with Gasteiger partial charge in [-0.2, -0.15) is 0 Å². The second-order valence-corrected chi connectivity index (χ2v) is 5.50. The Morgan fingerprint density at radius 1 is 1.22 bits per heavy atom. The number of nitrogens with zero attached hydrogens (tertiary/aromatic N) is 2. The summed E-state index contributed by atoms with van der Waals surface area (Å²) in [6, 6.07) is 0. The largest absolute Gasteiger partial charge is 0.390 e. The van der Waals surface area contributed by atoms with E-state index in [1.807, 2.05) is 0 Å². The van der Waals surface area contributed by atoms with Gasteiger partial charge in [0.2, 0.25) is 0 Å². The molecular weight excluding hydrogens is 230 g/mol. The highest BCUT2D eigenvalue weighted by atomic mass is 16.5. The number of rotatable bonds is 4. The molecule has 18 heavy (non-hydrogen) atoms. The van der Waals surface area contributed by atoms with E-state index in [0.29, 0.717) is 6.10 Å². The van der Waals surface area contributed by atoms with Gasteiger partial charge in [-0.25, -0.2) is 0 Å². The summed E-state index contributed by atoms with van der Waals surface area (Å²) in [7, 11) is 0. The van der Waals surface area contributed by atoms with E-state index in [-0.39, 0.29) is 6.10 Å². The summed E-state index contributed by atoms with van der Waals surface area (Å²) >= 11 is 0. The predicted octanol–water partition coefficient (Wildman–Crippen LogP) is -0.637. The van der Waals surface area contributed by atoms with Crippen LogP contribution in [-0.2, 0) is 4.74 Å². The van der Waals surface area contributed by atoms with Crippen LogP contribution in [0.1, 0.15) is 13.3 Å². The van der Waals surface area contributed by atoms with Crippen molar-refractivity contribution in [3.8, 4) is 0 Å². The standard InChI is InChI=1S/C13H27N3O2/c1-12-9-16(5-2-8-18-12)11-13(17)10-15-6-3-14-4-7-15/h12-14,17H,2-11H2,1H3. The van der Waals surface area contributed by atoms with Crippen molar-refractivity contribution < 1.29 is 9.84 Å². The average Bonchev–Trinajstić information content (AvgIpc) is 2.54. The van der Waals surface area contributed by atoms with E-state index in [1.165, 1.54) is 0 Å². The molecule has 0 radical (unpaired) electrons. The lowest BCUT2D eigenvalue weighted by atomic mass is 10.2. The molecule has 2 aliphatic rings. The van der Waals surface area contributed by atoms with Gasteiger partial charge >= 0.3 is 0 Å². The molecule has 0 aromatic heterocycles. The Balaban J connectivity index is 1.70. The quantitative estimate of drug-likeness (QED) is 0.702. The number of aliphatic hydroxyl groups is 1. The highest BCUT2D eigenvalue weighted by Crippen LogP contribution is 2.06. The molecule has 2 fully saturated rings. The summed E-state index contributed by atoms with van der Waals surface area (Å²) < 4.78 is 5.62. The molecule has 2 saturated heterocycles. The number of hydrogen-bond donors (Lipinski definition) is 2. The molecule has 0 aromatic rings. The van der Waals surface area contributed by atoms with E-state index in [4.69, 9.17) is 4.74 Å². The molecule has 5 nitrogen and oxygen atoms in total. The molecule has 0 spiro atoms. The summed E-state index contributed by atoms with van der Waals surface area (Å²) in [5.41, 5.74) is 0. The Morgan fingerprint density at radius 2 is 1.94 bits per heavy atom. The topological polar surface area (TPSA) is 48.0 Å². The first-order chi connectivity index (χ1) is 8.74. The first-order valence-corrected chi connectivity index (χ1v) is 7.19. The fourth-order valence-electron chi connectivity index (χ4n) is 2.79. The molecule has 0 saturated carbocycles. The van der Waals surface area contributed by atoms with Gasteiger partial charge in [0.1, 0.15) is 0 Å². The molecule has 106 valence electrons. The number of aliphatic hydroxyl groups excluding tert-OH is 1. The maximum Gasteiger partial charge on any atom is 0.0793 e. The minimum Gasteiger partial charge on any atom is -0.390 e. The van der Waals surface area contributed by atoms with E-state index in [0.717, 1.165) is 65.4 Å². The van der Waals surface area contributed by atoms with Crippen LogP contribution in [0.15, 0.2) is 0 Å². The van der Waals surface area contributed by atoms with Gasteiger partial charge in [0.15, 0.2) is 0 Å². The van der Waals surface area contributed by atoms with Crippen LogP contribution < -0.4 is 5.32 Å². The van der Waals surface area contributed by atoms with E-state index in [2.05, 4.69) is 22.0 Å². The van der Waals surface area contributed by atoms with E-state index in [1.54, 1.807) is 0 Å². The predicted molar refractivity (Wildman–Crippen MR) is 71.8 cm³/mol. The minimum absolute atomic E-state index is 0.242. The van der Waals surface area contributed by atoms with Crippen LogP contribution in [0.2, 0.25) is 0 Å². The van der Waals surface area contributed by atoms with Gasteiger partial charge in [-0.15, -0.1) is 0 Å². The Labute approximate surface area is 110 Å². The fourth-order valence-corrected chi connectivity index (χ4v) is 2.79. The van der Waals surface area contributed by atoms with Gasteiger partial charge in [-0.05, 0) is 13.3 Å². The van der Waals surface area contributed by atoms with Gasteiger partial charge in [0.25, 0.3) is 0 Å². The van der Waals surface area contributed by atoms with Gasteiger partial charge in [-0.1, -0.05) is 0 Å². The minimum atomic E-state index is -0.242. The van der Waals surface area contributed by atoms with Crippen molar-refractivity contribution >= 4 is 0 Å². The van der Waals surface area contributed by atoms with Crippen LogP contribution in [0.4, 0.5) is 0 Å². The lowest BCUT2D eigenvalue weighted by Gasteiger charge is -2.31. The van der Waals surface area contributed by atoms with Crippen molar-refractivity contribution in [3.63, 3.8) is 0 Å². The SMILES string of the molecule is CC1CN(CC(O)CN2CCNCC2)CCCO1. The third-order valence-corrected chi connectivity index (χ3v) is 3.68. The lowest BCUT2D eigenvalue weighted by molar-refractivity contribution is 0.0453. The summed E-state index contributed by atoms with van der Waals surface area (Å²) in [5, 5.41) is 13.5. The third kappa shape index (κ3) is 4.82. The zero-order valence-electron chi connectivity index (χ0n) is 11.5. The van der Waals surface area contributed by atoms with Crippen molar-refractivity contribution in [2.24, 2.45) is 0 Å². The molecule has 2 heterocycles. The molecule has 2 aliphatic heterocycles. The van der Waals surface area contributed by atoms with Gasteiger partial charge in [0.05, 0.1) is 12.2 Å². The monoisotopic (exact) mass is 257 g/mol. The van der Waals surface area contributed by atoms with Crippen LogP contribution in [0.3, 0.4) is 0 Å². The first-order valence-electron chi connectivity index (χ1n) is 7.19. The van der Waals surface area contributed by atoms with Crippen LogP contribution in [0, 0.1) is 0 Å².